The topological polar surface area (TPSA) is 21.1 Å². The largest absolute Gasteiger partial charge is 0.310 e. The molecule has 1 aliphatic heterocycles. The summed E-state index contributed by atoms with van der Waals surface area (Å²) in [7, 11) is 0. The first kappa shape index (κ1) is 27.4. The number of hydrogen-bond acceptors (Lipinski definition) is 2. The van der Waals surface area contributed by atoms with Gasteiger partial charge >= 0.3 is 0 Å². The highest BCUT2D eigenvalue weighted by Crippen LogP contribution is 2.54. The van der Waals surface area contributed by atoms with Crippen LogP contribution < -0.4 is 4.90 Å². The molecule has 0 fully saturated rings. The molecule has 0 amide bonds. The summed E-state index contributed by atoms with van der Waals surface area (Å²) >= 11 is 0. The number of nitrogens with zero attached hydrogens (tertiary/aromatic N) is 3. The fraction of sp³-hybridized carbons (Fsp3) is 0.0682. The highest BCUT2D eigenvalue weighted by atomic mass is 15.2. The number of aromatic nitrogens is 2. The molecule has 0 saturated heterocycles. The average Bonchev–Trinajstić information content (AvgIpc) is 3.46. The molecule has 0 radical (unpaired) electrons. The quantitative estimate of drug-likeness (QED) is 0.200. The third kappa shape index (κ3) is 4.31. The van der Waals surface area contributed by atoms with E-state index in [0.29, 0.717) is 0 Å². The monoisotopic (exact) mass is 603 g/mol. The van der Waals surface area contributed by atoms with Crippen molar-refractivity contribution < 1.29 is 0 Å². The molecule has 2 aromatic heterocycles. The molecule has 9 rings (SSSR count). The van der Waals surface area contributed by atoms with E-state index in [-0.39, 0.29) is 5.41 Å². The Labute approximate surface area is 275 Å². The van der Waals surface area contributed by atoms with Crippen LogP contribution in [-0.2, 0) is 5.41 Å². The smallest absolute Gasteiger partial charge is 0.0730 e. The van der Waals surface area contributed by atoms with Crippen molar-refractivity contribution in [3.8, 4) is 28.2 Å². The normalized spacial score (nSPS) is 13.4. The molecule has 0 atom stereocenters. The third-order valence-electron chi connectivity index (χ3n) is 9.74. The summed E-state index contributed by atoms with van der Waals surface area (Å²) in [6, 6.07) is 58.8. The average molecular weight is 604 g/mol. The van der Waals surface area contributed by atoms with Crippen LogP contribution in [0.1, 0.15) is 25.0 Å². The summed E-state index contributed by atoms with van der Waals surface area (Å²) in [5, 5.41) is 2.49. The zero-order chi connectivity index (χ0) is 31.5. The lowest BCUT2D eigenvalue weighted by Gasteiger charge is -2.42. The summed E-state index contributed by atoms with van der Waals surface area (Å²) in [5.74, 6) is 0. The number of para-hydroxylation sites is 3. The molecular formula is C44H33N3. The van der Waals surface area contributed by atoms with Crippen LogP contribution in [0, 0.1) is 0 Å². The van der Waals surface area contributed by atoms with Crippen LogP contribution in [0.25, 0.3) is 50.0 Å². The first-order valence-electron chi connectivity index (χ1n) is 16.2. The molecular weight excluding hydrogens is 571 g/mol. The number of rotatable bonds is 4. The maximum absolute atomic E-state index is 5.21. The van der Waals surface area contributed by atoms with Gasteiger partial charge < -0.3 is 9.47 Å². The van der Waals surface area contributed by atoms with Crippen LogP contribution in [0.5, 0.6) is 0 Å². The number of anilines is 3. The number of hydrogen-bond donors (Lipinski definition) is 0. The third-order valence-corrected chi connectivity index (χ3v) is 9.74. The van der Waals surface area contributed by atoms with E-state index >= 15 is 0 Å². The molecule has 8 aromatic rings. The summed E-state index contributed by atoms with van der Waals surface area (Å²) in [4.78, 5) is 7.67. The summed E-state index contributed by atoms with van der Waals surface area (Å²) in [6.07, 6.45) is 0. The predicted octanol–water partition coefficient (Wildman–Crippen LogP) is 11.6. The second-order valence-corrected chi connectivity index (χ2v) is 12.9. The molecule has 0 N–H and O–H groups in total. The Morgan fingerprint density at radius 3 is 1.70 bits per heavy atom. The minimum absolute atomic E-state index is 0.230. The van der Waals surface area contributed by atoms with Gasteiger partial charge in [-0.15, -0.1) is 0 Å². The molecule has 0 aliphatic carbocycles. The van der Waals surface area contributed by atoms with Crippen LogP contribution in [0.3, 0.4) is 0 Å². The van der Waals surface area contributed by atoms with E-state index in [9.17, 15) is 0 Å². The van der Waals surface area contributed by atoms with Gasteiger partial charge in [0.25, 0.3) is 0 Å². The van der Waals surface area contributed by atoms with Gasteiger partial charge in [0, 0.05) is 33.0 Å². The van der Waals surface area contributed by atoms with Gasteiger partial charge in [-0.2, -0.15) is 0 Å². The number of fused-ring (bicyclic) bond motifs is 5. The van der Waals surface area contributed by atoms with Gasteiger partial charge in [-0.1, -0.05) is 129 Å². The van der Waals surface area contributed by atoms with Crippen molar-refractivity contribution in [1.82, 2.24) is 9.55 Å². The standard InChI is InChI=1S/C44H33N3/c1-44(2)36-23-13-15-25-41(36)47(33-26-38(30-16-6-3-7-17-30)45-39(27-33)31-18-8-4-9-19-31)43-28-35-34-22-12-14-24-40(34)46(42(35)29-37(43)44)32-20-10-5-11-21-32/h3-29H,1-2H3. The minimum atomic E-state index is -0.230. The first-order valence-corrected chi connectivity index (χ1v) is 16.2. The predicted molar refractivity (Wildman–Crippen MR) is 196 cm³/mol. The van der Waals surface area contributed by atoms with Gasteiger partial charge in [0.15, 0.2) is 0 Å². The van der Waals surface area contributed by atoms with Crippen molar-refractivity contribution in [1.29, 1.82) is 0 Å². The van der Waals surface area contributed by atoms with Gasteiger partial charge in [0.05, 0.1) is 39.5 Å². The van der Waals surface area contributed by atoms with Crippen LogP contribution in [0.2, 0.25) is 0 Å². The number of pyridine rings is 1. The summed E-state index contributed by atoms with van der Waals surface area (Å²) in [6.45, 7) is 4.72. The molecule has 0 bridgehead atoms. The Hall–Kier alpha value is -5.93. The van der Waals surface area contributed by atoms with Gasteiger partial charge in [-0.3, -0.25) is 0 Å². The van der Waals surface area contributed by atoms with Crippen LogP contribution >= 0.6 is 0 Å². The van der Waals surface area contributed by atoms with E-state index in [0.717, 1.165) is 28.2 Å². The molecule has 3 heterocycles. The molecule has 1 aliphatic rings. The van der Waals surface area contributed by atoms with Crippen molar-refractivity contribution in [2.75, 3.05) is 4.90 Å². The van der Waals surface area contributed by atoms with E-state index < -0.39 is 0 Å². The Morgan fingerprint density at radius 1 is 0.447 bits per heavy atom. The highest BCUT2D eigenvalue weighted by molar-refractivity contribution is 6.11. The fourth-order valence-corrected chi connectivity index (χ4v) is 7.45. The van der Waals surface area contributed by atoms with Crippen LogP contribution in [0.4, 0.5) is 17.1 Å². The van der Waals surface area contributed by atoms with Crippen molar-refractivity contribution >= 4 is 38.9 Å². The second-order valence-electron chi connectivity index (χ2n) is 12.9. The maximum Gasteiger partial charge on any atom is 0.0730 e. The van der Waals surface area contributed by atoms with Gasteiger partial charge in [-0.25, -0.2) is 4.98 Å². The van der Waals surface area contributed by atoms with Crippen LogP contribution in [0.15, 0.2) is 164 Å². The Balaban J connectivity index is 1.37. The molecule has 6 aromatic carbocycles. The van der Waals surface area contributed by atoms with Crippen molar-refractivity contribution in [3.63, 3.8) is 0 Å². The van der Waals surface area contributed by atoms with Crippen molar-refractivity contribution in [2.24, 2.45) is 0 Å². The van der Waals surface area contributed by atoms with Gasteiger partial charge in [0.2, 0.25) is 0 Å². The molecule has 3 heteroatoms. The van der Waals surface area contributed by atoms with Gasteiger partial charge in [-0.05, 0) is 59.7 Å². The molecule has 0 spiro atoms. The first-order chi connectivity index (χ1) is 23.1. The fourth-order valence-electron chi connectivity index (χ4n) is 7.45. The lowest BCUT2D eigenvalue weighted by molar-refractivity contribution is 0.632. The Morgan fingerprint density at radius 2 is 1.02 bits per heavy atom. The van der Waals surface area contributed by atoms with E-state index in [1.807, 2.05) is 0 Å². The molecule has 3 nitrogen and oxygen atoms in total. The second kappa shape index (κ2) is 10.6. The highest BCUT2D eigenvalue weighted by Gasteiger charge is 2.38. The van der Waals surface area contributed by atoms with Gasteiger partial charge in [0.1, 0.15) is 0 Å². The van der Waals surface area contributed by atoms with Crippen LogP contribution in [-0.4, -0.2) is 9.55 Å². The Bertz CT molecular complexity index is 2370. The Kier molecular flexibility index (Phi) is 6.16. The lowest BCUT2D eigenvalue weighted by Crippen LogP contribution is -2.30. The maximum atomic E-state index is 5.21. The van der Waals surface area contributed by atoms with E-state index in [2.05, 4.69) is 187 Å². The lowest BCUT2D eigenvalue weighted by atomic mass is 9.73. The SMILES string of the molecule is CC1(C)c2ccccc2N(c2cc(-c3ccccc3)nc(-c3ccccc3)c2)c2cc3c4ccccc4n(-c4ccccc4)c3cc21. The van der Waals surface area contributed by atoms with Crippen molar-refractivity contribution in [3.05, 3.63) is 175 Å². The number of benzene rings is 6. The van der Waals surface area contributed by atoms with E-state index in [4.69, 9.17) is 4.98 Å². The van der Waals surface area contributed by atoms with Crippen molar-refractivity contribution in [2.45, 2.75) is 19.3 Å². The molecule has 47 heavy (non-hydrogen) atoms. The zero-order valence-electron chi connectivity index (χ0n) is 26.4. The van der Waals surface area contributed by atoms with E-state index in [1.165, 1.54) is 50.0 Å². The summed E-state index contributed by atoms with van der Waals surface area (Å²) in [5.41, 5.74) is 13.5. The molecule has 0 saturated carbocycles. The molecule has 224 valence electrons. The zero-order valence-corrected chi connectivity index (χ0v) is 26.4. The van der Waals surface area contributed by atoms with E-state index in [1.54, 1.807) is 0 Å². The summed E-state index contributed by atoms with van der Waals surface area (Å²) < 4.78 is 2.42. The minimum Gasteiger partial charge on any atom is -0.310 e. The molecule has 0 unspecified atom stereocenters.